The lowest BCUT2D eigenvalue weighted by atomic mass is 9.60. The maximum Gasteiger partial charge on any atom is 0.157 e. The van der Waals surface area contributed by atoms with Crippen LogP contribution in [0.15, 0.2) is 0 Å². The molecule has 0 bridgehead atoms. The lowest BCUT2D eigenvalue weighted by Gasteiger charge is -2.44. The largest absolute Gasteiger partial charge is 0.507 e. The first-order valence-electron chi connectivity index (χ1n) is 12.3. The normalized spacial score (nSPS) is 35.4. The van der Waals surface area contributed by atoms with Crippen molar-refractivity contribution in [1.29, 1.82) is 0 Å². The van der Waals surface area contributed by atoms with Crippen molar-refractivity contribution >= 4 is 12.6 Å². The summed E-state index contributed by atoms with van der Waals surface area (Å²) < 4.78 is 0. The Labute approximate surface area is 196 Å². The Balaban J connectivity index is 1.92. The summed E-state index contributed by atoms with van der Waals surface area (Å²) in [6.45, 7) is 10.9. The molecule has 6 heteroatoms. The molecule has 3 aliphatic rings. The van der Waals surface area contributed by atoms with Gasteiger partial charge in [-0.3, -0.25) is 9.59 Å². The standard InChI is InChI=1S/C27H38O6/c1-13(2)10-18(20-24(32)15(11-28)23(31)16(12-29)25(20)33)27(5)9-8-14-19(30)7-6-17-22(21(14)27)26(17,3)4/h11-14,17-19,21-22,30-33H,6-10H2,1-5H3/t14?,17-,18?,19-,21-,22-,27?/m1/s1. The SMILES string of the molecule is CC(C)CC(c1c(O)c(C=O)c(O)c(C=O)c1O)C1(C)CCC2[C@H](O)CC[C@@H]3[C@H]([C@@H]21)C3(C)C. The quantitative estimate of drug-likeness (QED) is 0.445. The van der Waals surface area contributed by atoms with Crippen molar-refractivity contribution in [2.24, 2.45) is 40.4 Å². The highest BCUT2D eigenvalue weighted by atomic mass is 16.3. The molecule has 1 aromatic carbocycles. The van der Waals surface area contributed by atoms with Crippen LogP contribution in [0.1, 0.15) is 98.9 Å². The fraction of sp³-hybridized carbons (Fsp3) is 0.704. The van der Waals surface area contributed by atoms with Crippen molar-refractivity contribution in [2.75, 3.05) is 0 Å². The number of rotatable bonds is 6. The molecule has 182 valence electrons. The van der Waals surface area contributed by atoms with Crippen LogP contribution >= 0.6 is 0 Å². The molecule has 3 saturated carbocycles. The molecule has 33 heavy (non-hydrogen) atoms. The third-order valence-electron chi connectivity index (χ3n) is 9.65. The van der Waals surface area contributed by atoms with Crippen LogP contribution < -0.4 is 0 Å². The second-order valence-corrected chi connectivity index (χ2v) is 12.0. The number of aliphatic hydroxyl groups excluding tert-OH is 1. The van der Waals surface area contributed by atoms with Crippen LogP contribution in [0.5, 0.6) is 17.2 Å². The second-order valence-electron chi connectivity index (χ2n) is 12.0. The molecule has 0 radical (unpaired) electrons. The number of aliphatic hydroxyl groups is 1. The molecule has 0 amide bonds. The Hall–Kier alpha value is -2.08. The average molecular weight is 459 g/mol. The molecule has 0 spiro atoms. The van der Waals surface area contributed by atoms with Crippen LogP contribution in [0.3, 0.4) is 0 Å². The van der Waals surface area contributed by atoms with Crippen LogP contribution in [-0.2, 0) is 0 Å². The van der Waals surface area contributed by atoms with Crippen molar-refractivity contribution in [2.45, 2.75) is 78.7 Å². The zero-order valence-corrected chi connectivity index (χ0v) is 20.3. The number of hydrogen-bond acceptors (Lipinski definition) is 6. The molecule has 4 rings (SSSR count). The molecule has 4 N–H and O–H groups in total. The van der Waals surface area contributed by atoms with Gasteiger partial charge in [0.1, 0.15) is 17.2 Å². The second kappa shape index (κ2) is 8.00. The smallest absolute Gasteiger partial charge is 0.157 e. The van der Waals surface area contributed by atoms with E-state index in [1.165, 1.54) is 0 Å². The minimum absolute atomic E-state index is 0.152. The van der Waals surface area contributed by atoms with Gasteiger partial charge < -0.3 is 20.4 Å². The first-order chi connectivity index (χ1) is 15.4. The van der Waals surface area contributed by atoms with E-state index in [1.807, 2.05) is 0 Å². The summed E-state index contributed by atoms with van der Waals surface area (Å²) in [6, 6.07) is 0. The number of hydrogen-bond donors (Lipinski definition) is 4. The maximum atomic E-state index is 11.7. The van der Waals surface area contributed by atoms with Gasteiger partial charge in [0.05, 0.1) is 17.2 Å². The Bertz CT molecular complexity index is 931. The van der Waals surface area contributed by atoms with Crippen molar-refractivity contribution in [3.05, 3.63) is 16.7 Å². The van der Waals surface area contributed by atoms with Crippen LogP contribution in [0.4, 0.5) is 0 Å². The van der Waals surface area contributed by atoms with E-state index in [-0.39, 0.29) is 57.3 Å². The molecule has 3 aliphatic carbocycles. The lowest BCUT2D eigenvalue weighted by Crippen LogP contribution is -2.38. The minimum atomic E-state index is -0.690. The molecular formula is C27H38O6. The van der Waals surface area contributed by atoms with Gasteiger partial charge in [0, 0.05) is 5.56 Å². The highest BCUT2D eigenvalue weighted by Crippen LogP contribution is 2.75. The van der Waals surface area contributed by atoms with Crippen LogP contribution in [-0.4, -0.2) is 39.1 Å². The molecular weight excluding hydrogens is 420 g/mol. The van der Waals surface area contributed by atoms with Gasteiger partial charge in [0.25, 0.3) is 0 Å². The predicted molar refractivity (Wildman–Crippen MR) is 125 cm³/mol. The van der Waals surface area contributed by atoms with Crippen molar-refractivity contribution in [1.82, 2.24) is 0 Å². The fourth-order valence-electron chi connectivity index (χ4n) is 7.96. The van der Waals surface area contributed by atoms with E-state index in [1.54, 1.807) is 0 Å². The van der Waals surface area contributed by atoms with Gasteiger partial charge in [-0.25, -0.2) is 0 Å². The zero-order chi connectivity index (χ0) is 24.5. The number of phenols is 3. The molecule has 0 heterocycles. The molecule has 1 aromatic rings. The van der Waals surface area contributed by atoms with Gasteiger partial charge in [-0.15, -0.1) is 0 Å². The van der Waals surface area contributed by atoms with Gasteiger partial charge in [-0.1, -0.05) is 34.6 Å². The summed E-state index contributed by atoms with van der Waals surface area (Å²) >= 11 is 0. The van der Waals surface area contributed by atoms with E-state index in [2.05, 4.69) is 34.6 Å². The summed E-state index contributed by atoms with van der Waals surface area (Å²) in [5.74, 6) is -0.362. The van der Waals surface area contributed by atoms with Crippen molar-refractivity contribution in [3.63, 3.8) is 0 Å². The third kappa shape index (κ3) is 3.39. The Morgan fingerprint density at radius 3 is 2.00 bits per heavy atom. The summed E-state index contributed by atoms with van der Waals surface area (Å²) in [5, 5.41) is 43.5. The molecule has 0 aliphatic heterocycles. The summed E-state index contributed by atoms with van der Waals surface area (Å²) in [4.78, 5) is 23.5. The zero-order valence-electron chi connectivity index (χ0n) is 20.3. The first kappa shape index (κ1) is 24.1. The predicted octanol–water partition coefficient (Wildman–Crippen LogP) is 5.02. The number of aldehydes is 2. The van der Waals surface area contributed by atoms with E-state index in [4.69, 9.17) is 0 Å². The summed E-state index contributed by atoms with van der Waals surface area (Å²) in [6.07, 6.45) is 4.45. The molecule has 3 unspecified atom stereocenters. The monoisotopic (exact) mass is 458 g/mol. The first-order valence-corrected chi connectivity index (χ1v) is 12.3. The van der Waals surface area contributed by atoms with Crippen LogP contribution in [0, 0.1) is 40.4 Å². The van der Waals surface area contributed by atoms with Crippen molar-refractivity contribution in [3.8, 4) is 17.2 Å². The summed E-state index contributed by atoms with van der Waals surface area (Å²) in [7, 11) is 0. The van der Waals surface area contributed by atoms with Gasteiger partial charge in [0.15, 0.2) is 12.6 Å². The number of phenolic OH excluding ortho intramolecular Hbond substituents is 3. The van der Waals surface area contributed by atoms with E-state index in [0.717, 1.165) is 25.7 Å². The average Bonchev–Trinajstić information content (AvgIpc) is 3.16. The van der Waals surface area contributed by atoms with E-state index in [9.17, 15) is 30.0 Å². The molecule has 6 nitrogen and oxygen atoms in total. The number of benzene rings is 1. The molecule has 0 aromatic heterocycles. The molecule has 3 fully saturated rings. The number of carbonyl (C=O) groups is 2. The van der Waals surface area contributed by atoms with Gasteiger partial charge in [-0.05, 0) is 78.4 Å². The maximum absolute atomic E-state index is 11.7. The van der Waals surface area contributed by atoms with Crippen LogP contribution in [0.25, 0.3) is 0 Å². The Morgan fingerprint density at radius 2 is 1.48 bits per heavy atom. The van der Waals surface area contributed by atoms with E-state index in [0.29, 0.717) is 30.8 Å². The van der Waals surface area contributed by atoms with E-state index >= 15 is 0 Å². The van der Waals surface area contributed by atoms with Gasteiger partial charge in [0.2, 0.25) is 0 Å². The van der Waals surface area contributed by atoms with Gasteiger partial charge in [-0.2, -0.15) is 0 Å². The summed E-state index contributed by atoms with van der Waals surface area (Å²) in [5.41, 5.74) is -0.714. The highest BCUT2D eigenvalue weighted by Gasteiger charge is 2.69. The highest BCUT2D eigenvalue weighted by molar-refractivity contribution is 5.95. The number of fused-ring (bicyclic) bond motifs is 3. The van der Waals surface area contributed by atoms with Crippen LogP contribution in [0.2, 0.25) is 0 Å². The minimum Gasteiger partial charge on any atom is -0.507 e. The number of aromatic hydroxyl groups is 3. The third-order valence-corrected chi connectivity index (χ3v) is 9.65. The number of carbonyl (C=O) groups excluding carboxylic acids is 2. The molecule has 0 saturated heterocycles. The molecule has 7 atom stereocenters. The Kier molecular flexibility index (Phi) is 5.83. The Morgan fingerprint density at radius 1 is 0.909 bits per heavy atom. The lowest BCUT2D eigenvalue weighted by molar-refractivity contribution is 0.0320. The van der Waals surface area contributed by atoms with E-state index < -0.39 is 17.2 Å². The van der Waals surface area contributed by atoms with Crippen molar-refractivity contribution < 1.29 is 30.0 Å². The topological polar surface area (TPSA) is 115 Å². The van der Waals surface area contributed by atoms with Gasteiger partial charge >= 0.3 is 0 Å². The fourth-order valence-corrected chi connectivity index (χ4v) is 7.96.